The first-order valence-corrected chi connectivity index (χ1v) is 8.79. The summed E-state index contributed by atoms with van der Waals surface area (Å²) < 4.78 is 10.5. The Morgan fingerprint density at radius 2 is 2.13 bits per heavy atom. The van der Waals surface area contributed by atoms with Gasteiger partial charge in [-0.1, -0.05) is 5.16 Å². The third-order valence-corrected chi connectivity index (χ3v) is 4.35. The van der Waals surface area contributed by atoms with Crippen molar-refractivity contribution in [3.8, 4) is 0 Å². The van der Waals surface area contributed by atoms with E-state index in [2.05, 4.69) is 15.8 Å². The molecule has 1 aromatic rings. The Kier molecular flexibility index (Phi) is 7.37. The number of nitrogens with zero attached hydrogens (tertiary/aromatic N) is 1. The Hall–Kier alpha value is -1.25. The van der Waals surface area contributed by atoms with Gasteiger partial charge in [-0.25, -0.2) is 4.79 Å². The minimum Gasteiger partial charge on any atom is -0.444 e. The molecule has 2 unspecified atom stereocenters. The Balaban J connectivity index is 2.70. The summed E-state index contributed by atoms with van der Waals surface area (Å²) in [5.41, 5.74) is 0.530. The van der Waals surface area contributed by atoms with Crippen LogP contribution in [0.5, 0.6) is 0 Å². The molecule has 1 amide bonds. The summed E-state index contributed by atoms with van der Waals surface area (Å²) in [6.45, 7) is 9.62. The van der Waals surface area contributed by atoms with E-state index in [4.69, 9.17) is 9.26 Å². The third-order valence-electron chi connectivity index (χ3n) is 3.18. The number of aliphatic hydroxyl groups excluding tert-OH is 1. The van der Waals surface area contributed by atoms with E-state index >= 15 is 0 Å². The average molecular weight is 345 g/mol. The molecule has 0 saturated heterocycles. The predicted octanol–water partition coefficient (Wildman–Crippen LogP) is 2.53. The number of thioether (sulfide) groups is 1. The van der Waals surface area contributed by atoms with Gasteiger partial charge >= 0.3 is 6.09 Å². The number of ether oxygens (including phenoxy) is 1. The zero-order valence-corrected chi connectivity index (χ0v) is 15.4. The van der Waals surface area contributed by atoms with E-state index in [1.165, 1.54) is 0 Å². The van der Waals surface area contributed by atoms with Crippen LogP contribution in [-0.2, 0) is 11.3 Å². The summed E-state index contributed by atoms with van der Waals surface area (Å²) in [7, 11) is 0. The minimum atomic E-state index is -0.575. The lowest BCUT2D eigenvalue weighted by molar-refractivity contribution is 0.0635. The lowest BCUT2D eigenvalue weighted by Crippen LogP contribution is -2.37. The first-order chi connectivity index (χ1) is 10.7. The molecular weight excluding hydrogens is 318 g/mol. The van der Waals surface area contributed by atoms with Crippen LogP contribution in [-0.4, -0.2) is 46.1 Å². The second-order valence-electron chi connectivity index (χ2n) is 6.32. The highest BCUT2D eigenvalue weighted by atomic mass is 32.2. The monoisotopic (exact) mass is 345 g/mol. The number of nitrogens with one attached hydrogen (secondary N) is 2. The number of carbonyl (C=O) groups excluding carboxylic acids is 1. The molecule has 3 N–H and O–H groups in total. The highest BCUT2D eigenvalue weighted by Gasteiger charge is 2.22. The van der Waals surface area contributed by atoms with Crippen molar-refractivity contribution in [2.24, 2.45) is 0 Å². The molecule has 0 saturated carbocycles. The summed E-state index contributed by atoms with van der Waals surface area (Å²) in [5, 5.41) is 19.2. The first kappa shape index (κ1) is 19.8. The molecule has 0 aliphatic rings. The topological polar surface area (TPSA) is 96.6 Å². The molecule has 1 rings (SSSR count). The minimum absolute atomic E-state index is 0.0785. The van der Waals surface area contributed by atoms with E-state index < -0.39 is 11.7 Å². The van der Waals surface area contributed by atoms with Gasteiger partial charge in [0.2, 0.25) is 0 Å². The standard InChI is InChI=1S/C15H27N3O4S/c1-9(12(8-19)23-6)16-7-11-13(10(2)18-22-11)17-14(20)21-15(3,4)5/h9,12,16,19H,7-8H2,1-6H3,(H,17,20). The van der Waals surface area contributed by atoms with Crippen molar-refractivity contribution in [2.45, 2.75) is 58.1 Å². The van der Waals surface area contributed by atoms with Gasteiger partial charge in [-0.05, 0) is 40.9 Å². The van der Waals surface area contributed by atoms with E-state index in [0.29, 0.717) is 23.7 Å². The molecule has 23 heavy (non-hydrogen) atoms. The molecular formula is C15H27N3O4S. The smallest absolute Gasteiger partial charge is 0.412 e. The lowest BCUT2D eigenvalue weighted by Gasteiger charge is -2.21. The van der Waals surface area contributed by atoms with Crippen LogP contribution >= 0.6 is 11.8 Å². The molecule has 0 radical (unpaired) electrons. The van der Waals surface area contributed by atoms with E-state index in [1.807, 2.05) is 13.2 Å². The fourth-order valence-corrected chi connectivity index (χ4v) is 2.58. The average Bonchev–Trinajstić information content (AvgIpc) is 2.77. The normalized spacial score (nSPS) is 14.4. The summed E-state index contributed by atoms with van der Waals surface area (Å²) in [6.07, 6.45) is 1.41. The molecule has 2 atom stereocenters. The molecule has 0 aliphatic heterocycles. The number of rotatable bonds is 7. The molecule has 1 aromatic heterocycles. The summed E-state index contributed by atoms with van der Waals surface area (Å²) in [6, 6.07) is 0.0785. The van der Waals surface area contributed by atoms with E-state index in [-0.39, 0.29) is 17.9 Å². The van der Waals surface area contributed by atoms with Gasteiger partial charge in [0.1, 0.15) is 17.0 Å². The Morgan fingerprint density at radius 1 is 1.48 bits per heavy atom. The van der Waals surface area contributed by atoms with Gasteiger partial charge in [0.05, 0.1) is 13.2 Å². The SMILES string of the molecule is CSC(CO)C(C)NCc1onc(C)c1NC(=O)OC(C)(C)C. The van der Waals surface area contributed by atoms with Crippen LogP contribution in [0.15, 0.2) is 4.52 Å². The van der Waals surface area contributed by atoms with Gasteiger partial charge in [-0.2, -0.15) is 11.8 Å². The Bertz CT molecular complexity index is 509. The van der Waals surface area contributed by atoms with E-state index in [9.17, 15) is 9.90 Å². The second-order valence-corrected chi connectivity index (χ2v) is 7.40. The number of aliphatic hydroxyl groups is 1. The van der Waals surface area contributed by atoms with Crippen LogP contribution < -0.4 is 10.6 Å². The molecule has 1 heterocycles. The summed E-state index contributed by atoms with van der Waals surface area (Å²) in [4.78, 5) is 11.9. The number of aromatic nitrogens is 1. The Labute approximate surface area is 141 Å². The second kappa shape index (κ2) is 8.56. The van der Waals surface area contributed by atoms with E-state index in [1.54, 1.807) is 39.5 Å². The van der Waals surface area contributed by atoms with Crippen molar-refractivity contribution < 1.29 is 19.2 Å². The van der Waals surface area contributed by atoms with Crippen molar-refractivity contribution in [1.29, 1.82) is 0 Å². The van der Waals surface area contributed by atoms with Crippen LogP contribution in [0.25, 0.3) is 0 Å². The molecule has 0 fully saturated rings. The van der Waals surface area contributed by atoms with Crippen LogP contribution in [0.2, 0.25) is 0 Å². The van der Waals surface area contributed by atoms with Crippen LogP contribution in [0.1, 0.15) is 39.1 Å². The number of hydrogen-bond donors (Lipinski definition) is 3. The summed E-state index contributed by atoms with van der Waals surface area (Å²) >= 11 is 1.59. The lowest BCUT2D eigenvalue weighted by atomic mass is 10.2. The molecule has 0 bridgehead atoms. The fraction of sp³-hybridized carbons (Fsp3) is 0.733. The zero-order chi connectivity index (χ0) is 17.6. The van der Waals surface area contributed by atoms with Crippen LogP contribution in [0.3, 0.4) is 0 Å². The maximum Gasteiger partial charge on any atom is 0.412 e. The third kappa shape index (κ3) is 6.40. The predicted molar refractivity (Wildman–Crippen MR) is 91.8 cm³/mol. The molecule has 0 aliphatic carbocycles. The largest absolute Gasteiger partial charge is 0.444 e. The number of carbonyl (C=O) groups is 1. The summed E-state index contributed by atoms with van der Waals surface area (Å²) in [5.74, 6) is 0.526. The number of aryl methyl sites for hydroxylation is 1. The molecule has 0 spiro atoms. The number of anilines is 1. The van der Waals surface area contributed by atoms with Crippen molar-refractivity contribution in [2.75, 3.05) is 18.2 Å². The first-order valence-electron chi connectivity index (χ1n) is 7.50. The zero-order valence-electron chi connectivity index (χ0n) is 14.6. The van der Waals surface area contributed by atoms with Crippen molar-refractivity contribution in [3.63, 3.8) is 0 Å². The van der Waals surface area contributed by atoms with Gasteiger partial charge < -0.3 is 19.7 Å². The van der Waals surface area contributed by atoms with Gasteiger partial charge in [0.15, 0.2) is 5.76 Å². The fourth-order valence-electron chi connectivity index (χ4n) is 1.93. The van der Waals surface area contributed by atoms with Gasteiger partial charge in [-0.3, -0.25) is 5.32 Å². The molecule has 0 aromatic carbocycles. The number of hydrogen-bond acceptors (Lipinski definition) is 7. The molecule has 8 heteroatoms. The molecule has 132 valence electrons. The van der Waals surface area contributed by atoms with Crippen LogP contribution in [0.4, 0.5) is 10.5 Å². The van der Waals surface area contributed by atoms with Gasteiger partial charge in [-0.15, -0.1) is 0 Å². The quantitative estimate of drug-likeness (QED) is 0.698. The van der Waals surface area contributed by atoms with Crippen molar-refractivity contribution in [3.05, 3.63) is 11.5 Å². The maximum absolute atomic E-state index is 11.9. The highest BCUT2D eigenvalue weighted by Crippen LogP contribution is 2.22. The van der Waals surface area contributed by atoms with Crippen LogP contribution in [0, 0.1) is 6.92 Å². The highest BCUT2D eigenvalue weighted by molar-refractivity contribution is 7.99. The van der Waals surface area contributed by atoms with Crippen molar-refractivity contribution >= 4 is 23.5 Å². The van der Waals surface area contributed by atoms with E-state index in [0.717, 1.165) is 0 Å². The molecule has 7 nitrogen and oxygen atoms in total. The van der Waals surface area contributed by atoms with Gasteiger partial charge in [0.25, 0.3) is 0 Å². The Morgan fingerprint density at radius 3 is 2.65 bits per heavy atom. The van der Waals surface area contributed by atoms with Gasteiger partial charge in [0, 0.05) is 11.3 Å². The maximum atomic E-state index is 11.9. The van der Waals surface area contributed by atoms with Crippen molar-refractivity contribution in [1.82, 2.24) is 10.5 Å². The number of amides is 1.